The number of carbonyl (C=O) groups excluding carboxylic acids is 1. The molecule has 3 aromatic heterocycles. The van der Waals surface area contributed by atoms with Gasteiger partial charge in [0.25, 0.3) is 5.91 Å². The molecule has 1 amide bonds. The molecule has 1 atom stereocenters. The number of hydrogen-bond donors (Lipinski definition) is 0. The molecule has 142 valence electrons. The predicted octanol–water partition coefficient (Wildman–Crippen LogP) is 4.09. The largest absolute Gasteiger partial charge is 0.484 e. The van der Waals surface area contributed by atoms with Crippen molar-refractivity contribution in [1.29, 1.82) is 0 Å². The van der Waals surface area contributed by atoms with Crippen LogP contribution in [0, 0.1) is 0 Å². The summed E-state index contributed by atoms with van der Waals surface area (Å²) >= 11 is 1.51. The molecule has 1 unspecified atom stereocenters. The molecule has 0 fully saturated rings. The van der Waals surface area contributed by atoms with E-state index in [-0.39, 0.29) is 24.2 Å². The monoisotopic (exact) mass is 394 g/mol. The summed E-state index contributed by atoms with van der Waals surface area (Å²) < 4.78 is 11.2. The summed E-state index contributed by atoms with van der Waals surface area (Å²) in [6.07, 6.45) is 4.88. The average molecular weight is 394 g/mol. The van der Waals surface area contributed by atoms with Crippen molar-refractivity contribution in [2.24, 2.45) is 0 Å². The van der Waals surface area contributed by atoms with E-state index in [2.05, 4.69) is 15.0 Å². The van der Waals surface area contributed by atoms with Gasteiger partial charge in [0.2, 0.25) is 5.89 Å². The zero-order chi connectivity index (χ0) is 19.5. The Kier molecular flexibility index (Phi) is 5.03. The van der Waals surface area contributed by atoms with Crippen LogP contribution in [-0.4, -0.2) is 32.8 Å². The van der Waals surface area contributed by atoms with Gasteiger partial charge in [-0.25, -0.2) is 4.98 Å². The van der Waals surface area contributed by atoms with Crippen LogP contribution in [0.3, 0.4) is 0 Å². The van der Waals surface area contributed by atoms with E-state index in [0.717, 1.165) is 15.8 Å². The van der Waals surface area contributed by atoms with E-state index in [1.54, 1.807) is 29.9 Å². The molecule has 28 heavy (non-hydrogen) atoms. The Balaban J connectivity index is 1.41. The normalized spacial score (nSPS) is 12.1. The lowest BCUT2D eigenvalue weighted by atomic mass is 10.2. The van der Waals surface area contributed by atoms with Gasteiger partial charge in [-0.3, -0.25) is 14.8 Å². The molecular formula is C20H18N4O3S. The minimum Gasteiger partial charge on any atom is -0.484 e. The number of rotatable bonds is 6. The number of aromatic nitrogens is 3. The van der Waals surface area contributed by atoms with Crippen LogP contribution in [-0.2, 0) is 6.61 Å². The summed E-state index contributed by atoms with van der Waals surface area (Å²) in [5.74, 6) is 0.809. The standard InChI is InChI=1S/C20H18N4O3S/c1-13(18-9-21-12-28-18)24(2)20(25)17-10-27-19(23-17)11-26-15-5-6-16-14(8-15)4-3-7-22-16/h3-10,12-13H,11H2,1-2H3. The molecule has 0 aliphatic heterocycles. The first-order valence-corrected chi connectivity index (χ1v) is 9.57. The maximum absolute atomic E-state index is 12.7. The van der Waals surface area contributed by atoms with E-state index in [4.69, 9.17) is 9.15 Å². The van der Waals surface area contributed by atoms with Crippen molar-refractivity contribution < 1.29 is 13.9 Å². The Hall–Kier alpha value is -3.26. The topological polar surface area (TPSA) is 81.4 Å². The Morgan fingerprint density at radius 2 is 2.25 bits per heavy atom. The molecule has 8 heteroatoms. The smallest absolute Gasteiger partial charge is 0.276 e. The summed E-state index contributed by atoms with van der Waals surface area (Å²) in [5.41, 5.74) is 2.90. The molecule has 4 rings (SSSR count). The fraction of sp³-hybridized carbons (Fsp3) is 0.200. The second-order valence-corrected chi connectivity index (χ2v) is 7.19. The van der Waals surface area contributed by atoms with Gasteiger partial charge in [-0.1, -0.05) is 6.07 Å². The summed E-state index contributed by atoms with van der Waals surface area (Å²) in [6, 6.07) is 9.39. The number of ether oxygens (including phenoxy) is 1. The molecule has 0 radical (unpaired) electrons. The first kappa shape index (κ1) is 18.1. The van der Waals surface area contributed by atoms with Gasteiger partial charge >= 0.3 is 0 Å². The highest BCUT2D eigenvalue weighted by Gasteiger charge is 2.23. The average Bonchev–Trinajstić information content (AvgIpc) is 3.42. The van der Waals surface area contributed by atoms with Gasteiger partial charge in [0.05, 0.1) is 17.1 Å². The highest BCUT2D eigenvalue weighted by atomic mass is 32.1. The number of nitrogens with zero attached hydrogens (tertiary/aromatic N) is 4. The molecule has 0 spiro atoms. The zero-order valence-electron chi connectivity index (χ0n) is 15.4. The predicted molar refractivity (Wildman–Crippen MR) is 105 cm³/mol. The summed E-state index contributed by atoms with van der Waals surface area (Å²) in [4.78, 5) is 27.9. The molecule has 4 aromatic rings. The lowest BCUT2D eigenvalue weighted by Gasteiger charge is -2.22. The van der Waals surface area contributed by atoms with Gasteiger partial charge in [0.1, 0.15) is 12.0 Å². The van der Waals surface area contributed by atoms with Gasteiger partial charge in [-0.15, -0.1) is 11.3 Å². The Bertz CT molecular complexity index is 1090. The van der Waals surface area contributed by atoms with Crippen LogP contribution < -0.4 is 4.74 Å². The van der Waals surface area contributed by atoms with E-state index >= 15 is 0 Å². The molecule has 7 nitrogen and oxygen atoms in total. The van der Waals surface area contributed by atoms with Crippen molar-refractivity contribution in [3.05, 3.63) is 71.0 Å². The van der Waals surface area contributed by atoms with E-state index in [0.29, 0.717) is 11.6 Å². The maximum Gasteiger partial charge on any atom is 0.276 e. The molecule has 3 heterocycles. The van der Waals surface area contributed by atoms with Crippen LogP contribution in [0.15, 0.2) is 58.9 Å². The van der Waals surface area contributed by atoms with Crippen LogP contribution in [0.5, 0.6) is 5.75 Å². The van der Waals surface area contributed by atoms with E-state index < -0.39 is 0 Å². The number of benzene rings is 1. The highest BCUT2D eigenvalue weighted by Crippen LogP contribution is 2.24. The van der Waals surface area contributed by atoms with Crippen molar-refractivity contribution in [3.63, 3.8) is 0 Å². The number of oxazole rings is 1. The van der Waals surface area contributed by atoms with Gasteiger partial charge in [-0.05, 0) is 31.2 Å². The molecule has 0 saturated carbocycles. The fourth-order valence-electron chi connectivity index (χ4n) is 2.74. The van der Waals surface area contributed by atoms with E-state index in [9.17, 15) is 4.79 Å². The van der Waals surface area contributed by atoms with Crippen molar-refractivity contribution in [2.45, 2.75) is 19.6 Å². The van der Waals surface area contributed by atoms with Crippen molar-refractivity contribution >= 4 is 28.1 Å². The second kappa shape index (κ2) is 7.77. The van der Waals surface area contributed by atoms with Gasteiger partial charge in [0, 0.05) is 29.7 Å². The second-order valence-electron chi connectivity index (χ2n) is 6.27. The highest BCUT2D eigenvalue weighted by molar-refractivity contribution is 7.09. The molecular weight excluding hydrogens is 376 g/mol. The molecule has 0 saturated heterocycles. The SMILES string of the molecule is CC(c1cncs1)N(C)C(=O)c1coc(COc2ccc3ncccc3c2)n1. The van der Waals surface area contributed by atoms with Gasteiger partial charge < -0.3 is 14.1 Å². The van der Waals surface area contributed by atoms with E-state index in [1.165, 1.54) is 17.6 Å². The maximum atomic E-state index is 12.7. The first-order chi connectivity index (χ1) is 13.6. The Morgan fingerprint density at radius 3 is 3.07 bits per heavy atom. The van der Waals surface area contributed by atoms with Crippen LogP contribution in [0.4, 0.5) is 0 Å². The summed E-state index contributed by atoms with van der Waals surface area (Å²) in [6.45, 7) is 2.08. The summed E-state index contributed by atoms with van der Waals surface area (Å²) in [5, 5.41) is 0.988. The minimum atomic E-state index is -0.215. The third kappa shape index (κ3) is 3.72. The first-order valence-electron chi connectivity index (χ1n) is 8.69. The van der Waals surface area contributed by atoms with Crippen LogP contribution >= 0.6 is 11.3 Å². The molecule has 1 aromatic carbocycles. The number of fused-ring (bicyclic) bond motifs is 1. The van der Waals surface area contributed by atoms with Gasteiger partial charge in [-0.2, -0.15) is 0 Å². The zero-order valence-corrected chi connectivity index (χ0v) is 16.2. The van der Waals surface area contributed by atoms with Crippen molar-refractivity contribution in [2.75, 3.05) is 7.05 Å². The molecule has 0 aliphatic carbocycles. The van der Waals surface area contributed by atoms with Crippen molar-refractivity contribution in [1.82, 2.24) is 19.9 Å². The third-order valence-electron chi connectivity index (χ3n) is 4.47. The molecule has 0 N–H and O–H groups in total. The lowest BCUT2D eigenvalue weighted by Crippen LogP contribution is -2.29. The Labute approximate surface area is 165 Å². The van der Waals surface area contributed by atoms with Crippen LogP contribution in [0.25, 0.3) is 10.9 Å². The number of pyridine rings is 1. The Morgan fingerprint density at radius 1 is 1.36 bits per heavy atom. The van der Waals surface area contributed by atoms with Gasteiger partial charge in [0.15, 0.2) is 12.3 Å². The van der Waals surface area contributed by atoms with Crippen LogP contribution in [0.2, 0.25) is 0 Å². The minimum absolute atomic E-state index is 0.0948. The number of hydrogen-bond acceptors (Lipinski definition) is 7. The number of amides is 1. The van der Waals surface area contributed by atoms with E-state index in [1.807, 2.05) is 37.3 Å². The summed E-state index contributed by atoms with van der Waals surface area (Å²) in [7, 11) is 1.74. The molecule has 0 aliphatic rings. The molecule has 0 bridgehead atoms. The third-order valence-corrected chi connectivity index (χ3v) is 5.42. The number of thiazole rings is 1. The van der Waals surface area contributed by atoms with Crippen molar-refractivity contribution in [3.8, 4) is 5.75 Å². The van der Waals surface area contributed by atoms with Crippen LogP contribution in [0.1, 0.15) is 34.2 Å². The number of carbonyl (C=O) groups is 1. The quantitative estimate of drug-likeness (QED) is 0.490. The fourth-order valence-corrected chi connectivity index (χ4v) is 3.46. The lowest BCUT2D eigenvalue weighted by molar-refractivity contribution is 0.0738.